The lowest BCUT2D eigenvalue weighted by Gasteiger charge is -2.04. The fourth-order valence-corrected chi connectivity index (χ4v) is 1.78. The zero-order valence-electron chi connectivity index (χ0n) is 6.92. The molecule has 0 radical (unpaired) electrons. The van der Waals surface area contributed by atoms with E-state index in [4.69, 9.17) is 5.73 Å². The van der Waals surface area contributed by atoms with Gasteiger partial charge in [-0.15, -0.1) is 11.8 Å². The first-order chi connectivity index (χ1) is 5.27. The molecule has 0 aromatic heterocycles. The van der Waals surface area contributed by atoms with Crippen molar-refractivity contribution in [1.82, 2.24) is 0 Å². The van der Waals surface area contributed by atoms with Gasteiger partial charge in [0.25, 0.3) is 0 Å². The second-order valence-electron chi connectivity index (χ2n) is 2.42. The van der Waals surface area contributed by atoms with Gasteiger partial charge in [-0.05, 0) is 30.4 Å². The second kappa shape index (κ2) is 3.67. The fourth-order valence-electron chi connectivity index (χ4n) is 1.05. The number of hydrogen-bond donors (Lipinski definition) is 1. The summed E-state index contributed by atoms with van der Waals surface area (Å²) in [6.45, 7) is 2.16. The molecule has 1 nitrogen and oxygen atoms in total. The van der Waals surface area contributed by atoms with Gasteiger partial charge in [-0.1, -0.05) is 13.0 Å². The smallest absolute Gasteiger partial charge is 0.0325 e. The van der Waals surface area contributed by atoms with Crippen LogP contribution in [-0.4, -0.2) is 6.26 Å². The van der Waals surface area contributed by atoms with E-state index in [-0.39, 0.29) is 0 Å². The zero-order valence-corrected chi connectivity index (χ0v) is 7.74. The van der Waals surface area contributed by atoms with E-state index in [2.05, 4.69) is 19.2 Å². The summed E-state index contributed by atoms with van der Waals surface area (Å²) in [6, 6.07) is 6.09. The van der Waals surface area contributed by atoms with E-state index in [0.29, 0.717) is 0 Å². The average molecular weight is 167 g/mol. The van der Waals surface area contributed by atoms with Crippen molar-refractivity contribution < 1.29 is 0 Å². The van der Waals surface area contributed by atoms with Crippen molar-refractivity contribution in [1.29, 1.82) is 0 Å². The first-order valence-electron chi connectivity index (χ1n) is 3.70. The van der Waals surface area contributed by atoms with Crippen molar-refractivity contribution in [3.8, 4) is 0 Å². The van der Waals surface area contributed by atoms with Crippen molar-refractivity contribution in [3.63, 3.8) is 0 Å². The van der Waals surface area contributed by atoms with Gasteiger partial charge in [-0.3, -0.25) is 0 Å². The van der Waals surface area contributed by atoms with E-state index >= 15 is 0 Å². The number of benzene rings is 1. The van der Waals surface area contributed by atoms with Crippen LogP contribution in [0.2, 0.25) is 0 Å². The molecule has 0 amide bonds. The molecule has 1 aromatic carbocycles. The molecule has 60 valence electrons. The van der Waals surface area contributed by atoms with Crippen LogP contribution in [0.4, 0.5) is 5.69 Å². The molecule has 0 aliphatic carbocycles. The Balaban J connectivity index is 3.06. The summed E-state index contributed by atoms with van der Waals surface area (Å²) in [5, 5.41) is 0. The molecule has 0 spiro atoms. The van der Waals surface area contributed by atoms with Gasteiger partial charge in [0, 0.05) is 10.6 Å². The molecule has 11 heavy (non-hydrogen) atoms. The van der Waals surface area contributed by atoms with Crippen LogP contribution in [-0.2, 0) is 6.42 Å². The SMILES string of the molecule is CCc1ccc(N)cc1SC. The highest BCUT2D eigenvalue weighted by atomic mass is 32.2. The summed E-state index contributed by atoms with van der Waals surface area (Å²) in [5.41, 5.74) is 7.88. The molecule has 1 aromatic rings. The van der Waals surface area contributed by atoms with Crippen LogP contribution in [0.5, 0.6) is 0 Å². The molecular formula is C9H13NS. The number of thioether (sulfide) groups is 1. The van der Waals surface area contributed by atoms with Gasteiger partial charge in [0.05, 0.1) is 0 Å². The summed E-state index contributed by atoms with van der Waals surface area (Å²) in [7, 11) is 0. The Morgan fingerprint density at radius 1 is 1.45 bits per heavy atom. The summed E-state index contributed by atoms with van der Waals surface area (Å²) >= 11 is 1.75. The van der Waals surface area contributed by atoms with Gasteiger partial charge in [0.15, 0.2) is 0 Å². The van der Waals surface area contributed by atoms with Gasteiger partial charge in [-0.25, -0.2) is 0 Å². The molecule has 0 atom stereocenters. The number of hydrogen-bond acceptors (Lipinski definition) is 2. The van der Waals surface area contributed by atoms with Crippen LogP contribution in [0.25, 0.3) is 0 Å². The predicted molar refractivity (Wildman–Crippen MR) is 52.0 cm³/mol. The van der Waals surface area contributed by atoms with Crippen LogP contribution < -0.4 is 5.73 Å². The Labute approximate surface area is 72.0 Å². The van der Waals surface area contributed by atoms with Gasteiger partial charge < -0.3 is 5.73 Å². The molecule has 2 heteroatoms. The van der Waals surface area contributed by atoms with E-state index in [1.807, 2.05) is 12.1 Å². The second-order valence-corrected chi connectivity index (χ2v) is 3.27. The Bertz CT molecular complexity index is 245. The third-order valence-corrected chi connectivity index (χ3v) is 2.51. The maximum Gasteiger partial charge on any atom is 0.0325 e. The van der Waals surface area contributed by atoms with E-state index < -0.39 is 0 Å². The van der Waals surface area contributed by atoms with E-state index in [1.54, 1.807) is 11.8 Å². The third-order valence-electron chi connectivity index (χ3n) is 1.69. The summed E-state index contributed by atoms with van der Waals surface area (Å²) in [5.74, 6) is 0. The first kappa shape index (κ1) is 8.47. The maximum absolute atomic E-state index is 5.64. The Morgan fingerprint density at radius 3 is 2.73 bits per heavy atom. The molecular weight excluding hydrogens is 154 g/mol. The number of nitrogen functional groups attached to an aromatic ring is 1. The van der Waals surface area contributed by atoms with Gasteiger partial charge in [-0.2, -0.15) is 0 Å². The molecule has 0 fully saturated rings. The number of rotatable bonds is 2. The molecule has 0 bridgehead atoms. The molecule has 0 unspecified atom stereocenters. The third kappa shape index (κ3) is 1.90. The van der Waals surface area contributed by atoms with Crippen molar-refractivity contribution in [2.75, 3.05) is 12.0 Å². The summed E-state index contributed by atoms with van der Waals surface area (Å²) < 4.78 is 0. The van der Waals surface area contributed by atoms with E-state index in [0.717, 1.165) is 12.1 Å². The van der Waals surface area contributed by atoms with Gasteiger partial charge >= 0.3 is 0 Å². The Morgan fingerprint density at radius 2 is 2.18 bits per heavy atom. The molecule has 2 N–H and O–H groups in total. The van der Waals surface area contributed by atoms with Crippen LogP contribution in [0.1, 0.15) is 12.5 Å². The van der Waals surface area contributed by atoms with Gasteiger partial charge in [0.1, 0.15) is 0 Å². The van der Waals surface area contributed by atoms with Crippen molar-refractivity contribution in [2.24, 2.45) is 0 Å². The molecule has 0 aliphatic heterocycles. The normalized spacial score (nSPS) is 10.0. The van der Waals surface area contributed by atoms with Crippen LogP contribution in [0.15, 0.2) is 23.1 Å². The minimum atomic E-state index is 0.853. The topological polar surface area (TPSA) is 26.0 Å². The van der Waals surface area contributed by atoms with Crippen LogP contribution >= 0.6 is 11.8 Å². The predicted octanol–water partition coefficient (Wildman–Crippen LogP) is 2.55. The lowest BCUT2D eigenvalue weighted by atomic mass is 10.1. The minimum absolute atomic E-state index is 0.853. The molecule has 0 aliphatic rings. The van der Waals surface area contributed by atoms with Crippen LogP contribution in [0.3, 0.4) is 0 Å². The summed E-state index contributed by atoms with van der Waals surface area (Å²) in [4.78, 5) is 1.30. The molecule has 0 heterocycles. The lowest BCUT2D eigenvalue weighted by molar-refractivity contribution is 1.08. The molecule has 0 saturated carbocycles. The van der Waals surface area contributed by atoms with Crippen molar-refractivity contribution >= 4 is 17.4 Å². The number of anilines is 1. The lowest BCUT2D eigenvalue weighted by Crippen LogP contribution is -1.89. The quantitative estimate of drug-likeness (QED) is 0.541. The number of aryl methyl sites for hydroxylation is 1. The average Bonchev–Trinajstić information content (AvgIpc) is 2.04. The molecule has 1 rings (SSSR count). The van der Waals surface area contributed by atoms with E-state index in [9.17, 15) is 0 Å². The van der Waals surface area contributed by atoms with Crippen LogP contribution in [0, 0.1) is 0 Å². The van der Waals surface area contributed by atoms with E-state index in [1.165, 1.54) is 10.5 Å². The monoisotopic (exact) mass is 167 g/mol. The summed E-state index contributed by atoms with van der Waals surface area (Å²) in [6.07, 6.45) is 3.16. The highest BCUT2D eigenvalue weighted by molar-refractivity contribution is 7.98. The first-order valence-corrected chi connectivity index (χ1v) is 4.92. The highest BCUT2D eigenvalue weighted by Crippen LogP contribution is 2.23. The standard InChI is InChI=1S/C9H13NS/c1-3-7-4-5-8(10)6-9(7)11-2/h4-6H,3,10H2,1-2H3. The maximum atomic E-state index is 5.64. The Hall–Kier alpha value is -0.630. The van der Waals surface area contributed by atoms with Crippen molar-refractivity contribution in [2.45, 2.75) is 18.2 Å². The fraction of sp³-hybridized carbons (Fsp3) is 0.333. The molecule has 0 saturated heterocycles. The van der Waals surface area contributed by atoms with Gasteiger partial charge in [0.2, 0.25) is 0 Å². The minimum Gasteiger partial charge on any atom is -0.399 e. The number of nitrogens with two attached hydrogens (primary N) is 1. The highest BCUT2D eigenvalue weighted by Gasteiger charge is 1.98. The Kier molecular flexibility index (Phi) is 2.83. The largest absolute Gasteiger partial charge is 0.399 e. The van der Waals surface area contributed by atoms with Crippen molar-refractivity contribution in [3.05, 3.63) is 23.8 Å². The zero-order chi connectivity index (χ0) is 8.27.